The molecule has 1 aromatic heterocycles. The second-order valence-electron chi connectivity index (χ2n) is 7.73. The molecule has 0 N–H and O–H groups in total. The van der Waals surface area contributed by atoms with Crippen molar-refractivity contribution in [3.63, 3.8) is 0 Å². The van der Waals surface area contributed by atoms with Crippen LogP contribution in [0.3, 0.4) is 0 Å². The van der Waals surface area contributed by atoms with Gasteiger partial charge in [0.05, 0.1) is 11.2 Å². The third-order valence-electron chi connectivity index (χ3n) is 5.33. The number of benzene rings is 2. The molecular formula is C20H21BFNO4. The molecule has 0 spiro atoms. The molecular weight excluding hydrogens is 348 g/mol. The highest BCUT2D eigenvalue weighted by Crippen LogP contribution is 2.37. The van der Waals surface area contributed by atoms with Crippen LogP contribution in [-0.2, 0) is 15.9 Å². The summed E-state index contributed by atoms with van der Waals surface area (Å²) >= 11 is 0. The lowest BCUT2D eigenvalue weighted by molar-refractivity contribution is 0.00578. The third kappa shape index (κ3) is 3.21. The maximum absolute atomic E-state index is 14.8. The largest absolute Gasteiger partial charge is 0.494 e. The van der Waals surface area contributed by atoms with Gasteiger partial charge in [0, 0.05) is 11.5 Å². The number of aromatic nitrogens is 1. The molecule has 5 nitrogen and oxygen atoms in total. The first kappa shape index (κ1) is 18.0. The summed E-state index contributed by atoms with van der Waals surface area (Å²) in [5.74, 6) is -0.231. The summed E-state index contributed by atoms with van der Waals surface area (Å²) < 4.78 is 37.2. The van der Waals surface area contributed by atoms with Crippen molar-refractivity contribution in [3.8, 4) is 5.75 Å². The zero-order chi connectivity index (χ0) is 19.2. The number of halogens is 1. The predicted molar refractivity (Wildman–Crippen MR) is 100 cm³/mol. The zero-order valence-electron chi connectivity index (χ0n) is 15.8. The van der Waals surface area contributed by atoms with Gasteiger partial charge in [-0.2, -0.15) is 0 Å². The summed E-state index contributed by atoms with van der Waals surface area (Å²) in [7, 11) is -0.481. The van der Waals surface area contributed by atoms with Gasteiger partial charge < -0.3 is 18.6 Å². The molecule has 1 saturated heterocycles. The number of fused-ring (bicyclic) bond motifs is 1. The summed E-state index contributed by atoms with van der Waals surface area (Å²) in [6, 6.07) is 10.6. The molecule has 2 aromatic carbocycles. The number of ether oxygens (including phenoxy) is 1. The predicted octanol–water partition coefficient (Wildman–Crippen LogP) is 3.85. The van der Waals surface area contributed by atoms with Gasteiger partial charge in [0.1, 0.15) is 18.6 Å². The van der Waals surface area contributed by atoms with E-state index in [0.29, 0.717) is 11.1 Å². The minimum atomic E-state index is -0.481. The van der Waals surface area contributed by atoms with Crippen LogP contribution in [0.25, 0.3) is 10.8 Å². The summed E-state index contributed by atoms with van der Waals surface area (Å²) in [4.78, 5) is 0. The molecule has 140 valence electrons. The minimum Gasteiger partial charge on any atom is -0.484 e. The number of rotatable bonds is 4. The van der Waals surface area contributed by atoms with E-state index >= 15 is 0 Å². The molecule has 0 saturated carbocycles. The van der Waals surface area contributed by atoms with Gasteiger partial charge in [-0.25, -0.2) is 4.39 Å². The zero-order valence-corrected chi connectivity index (χ0v) is 15.8. The van der Waals surface area contributed by atoms with Gasteiger partial charge in [0.2, 0.25) is 0 Å². The van der Waals surface area contributed by atoms with Crippen LogP contribution in [0.4, 0.5) is 4.39 Å². The fraction of sp³-hybridized carbons (Fsp3) is 0.350. The van der Waals surface area contributed by atoms with Crippen molar-refractivity contribution in [3.05, 3.63) is 54.2 Å². The molecule has 1 aliphatic rings. The highest BCUT2D eigenvalue weighted by Gasteiger charge is 2.51. The molecule has 4 rings (SSSR count). The van der Waals surface area contributed by atoms with Crippen molar-refractivity contribution in [2.24, 2.45) is 0 Å². The van der Waals surface area contributed by atoms with Gasteiger partial charge in [-0.15, -0.1) is 0 Å². The lowest BCUT2D eigenvalue weighted by Crippen LogP contribution is -2.41. The van der Waals surface area contributed by atoms with E-state index in [9.17, 15) is 4.39 Å². The minimum absolute atomic E-state index is 0.144. The fourth-order valence-electron chi connectivity index (χ4n) is 2.99. The quantitative estimate of drug-likeness (QED) is 0.654. The van der Waals surface area contributed by atoms with Gasteiger partial charge in [-0.3, -0.25) is 0 Å². The van der Waals surface area contributed by atoms with Crippen molar-refractivity contribution >= 4 is 23.4 Å². The number of nitrogens with zero attached hydrogens (tertiary/aromatic N) is 1. The van der Waals surface area contributed by atoms with E-state index in [1.165, 1.54) is 6.26 Å². The Balaban J connectivity index is 1.60. The van der Waals surface area contributed by atoms with E-state index in [1.54, 1.807) is 18.2 Å². The van der Waals surface area contributed by atoms with Crippen LogP contribution in [-0.4, -0.2) is 23.5 Å². The van der Waals surface area contributed by atoms with E-state index in [0.717, 1.165) is 10.8 Å². The molecule has 0 unspecified atom stereocenters. The Bertz CT molecular complexity index is 956. The van der Waals surface area contributed by atoms with Crippen LogP contribution in [0, 0.1) is 5.82 Å². The average Bonchev–Trinajstić information content (AvgIpc) is 3.20. The maximum Gasteiger partial charge on any atom is 0.494 e. The molecule has 0 radical (unpaired) electrons. The molecule has 7 heteroatoms. The summed E-state index contributed by atoms with van der Waals surface area (Å²) in [5.41, 5.74) is 0.621. The molecule has 0 aliphatic carbocycles. The molecule has 3 aromatic rings. The highest BCUT2D eigenvalue weighted by molar-refractivity contribution is 6.62. The summed E-state index contributed by atoms with van der Waals surface area (Å²) in [5, 5.41) is 4.99. The van der Waals surface area contributed by atoms with Crippen LogP contribution in [0.15, 0.2) is 47.2 Å². The van der Waals surface area contributed by atoms with Crippen molar-refractivity contribution in [2.45, 2.75) is 45.5 Å². The standard InChI is InChI=1S/C20H21BFNO4/c1-19(2)20(3,4)27-21(26-19)14-6-7-16-13(11-14)5-8-17(18(16)22)24-12-15-9-10-25-23-15/h5-11H,12H2,1-4H3. The second kappa shape index (κ2) is 6.35. The lowest BCUT2D eigenvalue weighted by Gasteiger charge is -2.32. The Kier molecular flexibility index (Phi) is 4.24. The molecule has 0 amide bonds. The maximum atomic E-state index is 14.8. The van der Waals surface area contributed by atoms with E-state index in [-0.39, 0.29) is 12.4 Å². The van der Waals surface area contributed by atoms with Crippen LogP contribution >= 0.6 is 0 Å². The molecule has 1 aliphatic heterocycles. The van der Waals surface area contributed by atoms with E-state index < -0.39 is 24.1 Å². The van der Waals surface area contributed by atoms with E-state index in [2.05, 4.69) is 5.16 Å². The highest BCUT2D eigenvalue weighted by atomic mass is 19.1. The van der Waals surface area contributed by atoms with Crippen molar-refractivity contribution in [1.29, 1.82) is 0 Å². The van der Waals surface area contributed by atoms with Gasteiger partial charge in [-0.1, -0.05) is 29.4 Å². The SMILES string of the molecule is CC1(C)OB(c2ccc3c(F)c(OCc4ccon4)ccc3c2)OC1(C)C. The van der Waals surface area contributed by atoms with E-state index in [1.807, 2.05) is 45.9 Å². The monoisotopic (exact) mass is 369 g/mol. The molecule has 27 heavy (non-hydrogen) atoms. The Morgan fingerprint density at radius 2 is 1.78 bits per heavy atom. The Morgan fingerprint density at radius 1 is 1.04 bits per heavy atom. The average molecular weight is 369 g/mol. The smallest absolute Gasteiger partial charge is 0.484 e. The van der Waals surface area contributed by atoms with Crippen LogP contribution < -0.4 is 10.2 Å². The number of hydrogen-bond donors (Lipinski definition) is 0. The first-order valence-electron chi connectivity index (χ1n) is 8.87. The molecule has 2 heterocycles. The summed E-state index contributed by atoms with van der Waals surface area (Å²) in [6.45, 7) is 8.17. The van der Waals surface area contributed by atoms with Gasteiger partial charge in [-0.05, 0) is 44.6 Å². The topological polar surface area (TPSA) is 53.7 Å². The van der Waals surface area contributed by atoms with Crippen LogP contribution in [0.5, 0.6) is 5.75 Å². The van der Waals surface area contributed by atoms with Gasteiger partial charge >= 0.3 is 7.12 Å². The first-order valence-corrected chi connectivity index (χ1v) is 8.87. The Hall–Kier alpha value is -2.38. The van der Waals surface area contributed by atoms with Crippen LogP contribution in [0.1, 0.15) is 33.4 Å². The summed E-state index contributed by atoms with van der Waals surface area (Å²) in [6.07, 6.45) is 1.45. The van der Waals surface area contributed by atoms with Gasteiger partial charge in [0.15, 0.2) is 11.6 Å². The Labute approximate surface area is 157 Å². The van der Waals surface area contributed by atoms with E-state index in [4.69, 9.17) is 18.6 Å². The first-order chi connectivity index (χ1) is 12.8. The Morgan fingerprint density at radius 3 is 2.44 bits per heavy atom. The van der Waals surface area contributed by atoms with Crippen LogP contribution in [0.2, 0.25) is 0 Å². The molecule has 0 atom stereocenters. The number of hydrogen-bond acceptors (Lipinski definition) is 5. The second-order valence-corrected chi connectivity index (χ2v) is 7.73. The fourth-order valence-corrected chi connectivity index (χ4v) is 2.99. The normalized spacial score (nSPS) is 18.2. The van der Waals surface area contributed by atoms with Gasteiger partial charge in [0.25, 0.3) is 0 Å². The van der Waals surface area contributed by atoms with Crippen molar-refractivity contribution in [2.75, 3.05) is 0 Å². The van der Waals surface area contributed by atoms with Crippen molar-refractivity contribution < 1.29 is 23.0 Å². The lowest BCUT2D eigenvalue weighted by atomic mass is 9.78. The molecule has 1 fully saturated rings. The third-order valence-corrected chi connectivity index (χ3v) is 5.33. The molecule has 0 bridgehead atoms. The van der Waals surface area contributed by atoms with Crippen molar-refractivity contribution in [1.82, 2.24) is 5.16 Å².